The molecule has 0 radical (unpaired) electrons. The normalized spacial score (nSPS) is 16.2. The minimum atomic E-state index is -0.0311. The van der Waals surface area contributed by atoms with Crippen LogP contribution in [0.1, 0.15) is 56.3 Å². The van der Waals surface area contributed by atoms with Gasteiger partial charge in [0.2, 0.25) is 11.8 Å². The molecule has 1 heterocycles. The van der Waals surface area contributed by atoms with E-state index in [2.05, 4.69) is 0 Å². The van der Waals surface area contributed by atoms with Crippen LogP contribution in [-0.4, -0.2) is 55.0 Å². The molecule has 0 bridgehead atoms. The standard InChI is InChI=1S/C27H36N2O5/c1-32-24-13-10-20(17-25(24)33-2)14-15-28(18-23-9-6-16-34-23)26(30)19-29(27(31)21-11-12-21)22-7-4-3-5-8-22/h6,9-10,13,16-17,21-22H,3-5,7-8,11-12,14-15,18-19H2,1-2H3. The van der Waals surface area contributed by atoms with Crippen LogP contribution in [0.5, 0.6) is 11.5 Å². The van der Waals surface area contributed by atoms with Crippen molar-refractivity contribution in [2.75, 3.05) is 27.3 Å². The number of amides is 2. The molecule has 0 saturated heterocycles. The molecule has 34 heavy (non-hydrogen) atoms. The molecule has 2 aliphatic carbocycles. The molecule has 0 unspecified atom stereocenters. The molecule has 2 aliphatic rings. The Bertz CT molecular complexity index is 948. The molecule has 2 fully saturated rings. The molecule has 1 aromatic heterocycles. The number of methoxy groups -OCH3 is 2. The summed E-state index contributed by atoms with van der Waals surface area (Å²) >= 11 is 0. The van der Waals surface area contributed by atoms with E-state index in [0.29, 0.717) is 31.0 Å². The average molecular weight is 469 g/mol. The fourth-order valence-corrected chi connectivity index (χ4v) is 4.77. The van der Waals surface area contributed by atoms with Crippen molar-refractivity contribution in [1.29, 1.82) is 0 Å². The van der Waals surface area contributed by atoms with Gasteiger partial charge in [0, 0.05) is 18.5 Å². The number of rotatable bonds is 11. The van der Waals surface area contributed by atoms with E-state index in [9.17, 15) is 9.59 Å². The lowest BCUT2D eigenvalue weighted by atomic mass is 9.93. The maximum absolute atomic E-state index is 13.6. The Kier molecular flexibility index (Phi) is 8.14. The van der Waals surface area contributed by atoms with Gasteiger partial charge in [0.15, 0.2) is 11.5 Å². The quantitative estimate of drug-likeness (QED) is 0.488. The van der Waals surface area contributed by atoms with Crippen molar-refractivity contribution < 1.29 is 23.5 Å². The molecule has 0 atom stereocenters. The Morgan fingerprint density at radius 2 is 1.76 bits per heavy atom. The fraction of sp³-hybridized carbons (Fsp3) is 0.556. The molecule has 1 aromatic carbocycles. The van der Waals surface area contributed by atoms with Gasteiger partial charge in [0.05, 0.1) is 27.0 Å². The van der Waals surface area contributed by atoms with Gasteiger partial charge in [0.1, 0.15) is 12.3 Å². The number of carbonyl (C=O) groups excluding carboxylic acids is 2. The fourth-order valence-electron chi connectivity index (χ4n) is 4.77. The molecule has 0 spiro atoms. The lowest BCUT2D eigenvalue weighted by Gasteiger charge is -2.35. The van der Waals surface area contributed by atoms with Crippen LogP contribution >= 0.6 is 0 Å². The summed E-state index contributed by atoms with van der Waals surface area (Å²) in [5, 5.41) is 0. The number of nitrogens with zero attached hydrogens (tertiary/aromatic N) is 2. The first-order valence-corrected chi connectivity index (χ1v) is 12.4. The topological polar surface area (TPSA) is 72.2 Å². The summed E-state index contributed by atoms with van der Waals surface area (Å²) in [5.41, 5.74) is 1.05. The van der Waals surface area contributed by atoms with Gasteiger partial charge < -0.3 is 23.7 Å². The first kappa shape index (κ1) is 24.2. The molecule has 4 rings (SSSR count). The first-order valence-electron chi connectivity index (χ1n) is 12.4. The van der Waals surface area contributed by atoms with Crippen LogP contribution in [0.15, 0.2) is 41.0 Å². The van der Waals surface area contributed by atoms with E-state index < -0.39 is 0 Å². The molecule has 2 amide bonds. The summed E-state index contributed by atoms with van der Waals surface area (Å²) < 4.78 is 16.3. The van der Waals surface area contributed by atoms with E-state index in [-0.39, 0.29) is 30.3 Å². The highest BCUT2D eigenvalue weighted by Crippen LogP contribution is 2.34. The van der Waals surface area contributed by atoms with Crippen molar-refractivity contribution >= 4 is 11.8 Å². The van der Waals surface area contributed by atoms with Crippen LogP contribution in [0, 0.1) is 5.92 Å². The molecule has 2 saturated carbocycles. The average Bonchev–Trinajstić information content (AvgIpc) is 3.60. The molecule has 184 valence electrons. The summed E-state index contributed by atoms with van der Waals surface area (Å²) in [5.74, 6) is 2.33. The Hall–Kier alpha value is -2.96. The maximum Gasteiger partial charge on any atom is 0.242 e. The monoisotopic (exact) mass is 468 g/mol. The minimum absolute atomic E-state index is 0.0311. The smallest absolute Gasteiger partial charge is 0.242 e. The predicted molar refractivity (Wildman–Crippen MR) is 129 cm³/mol. The van der Waals surface area contributed by atoms with E-state index >= 15 is 0 Å². The van der Waals surface area contributed by atoms with Gasteiger partial charge >= 0.3 is 0 Å². The minimum Gasteiger partial charge on any atom is -0.493 e. The van der Waals surface area contributed by atoms with Crippen LogP contribution in [0.4, 0.5) is 0 Å². The van der Waals surface area contributed by atoms with Gasteiger partial charge in [-0.15, -0.1) is 0 Å². The van der Waals surface area contributed by atoms with Crippen LogP contribution in [0.3, 0.4) is 0 Å². The SMILES string of the molecule is COc1ccc(CCN(Cc2ccco2)C(=O)CN(C(=O)C2CC2)C2CCCCC2)cc1OC. The molecule has 0 N–H and O–H groups in total. The molecule has 0 aliphatic heterocycles. The summed E-state index contributed by atoms with van der Waals surface area (Å²) in [4.78, 5) is 30.4. The second-order valence-corrected chi connectivity index (χ2v) is 9.37. The van der Waals surface area contributed by atoms with Crippen molar-refractivity contribution in [2.45, 2.75) is 64.0 Å². The number of ether oxygens (including phenoxy) is 2. The zero-order valence-corrected chi connectivity index (χ0v) is 20.3. The van der Waals surface area contributed by atoms with Crippen molar-refractivity contribution in [3.05, 3.63) is 47.9 Å². The molecule has 7 nitrogen and oxygen atoms in total. The Labute approximate surface area is 202 Å². The van der Waals surface area contributed by atoms with Gasteiger partial charge in [0.25, 0.3) is 0 Å². The number of carbonyl (C=O) groups is 2. The van der Waals surface area contributed by atoms with Crippen LogP contribution in [-0.2, 0) is 22.6 Å². The molecule has 2 aromatic rings. The second-order valence-electron chi connectivity index (χ2n) is 9.37. The van der Waals surface area contributed by atoms with Gasteiger partial charge in [-0.3, -0.25) is 9.59 Å². The van der Waals surface area contributed by atoms with E-state index in [4.69, 9.17) is 13.9 Å². The van der Waals surface area contributed by atoms with Gasteiger partial charge in [-0.1, -0.05) is 25.3 Å². The van der Waals surface area contributed by atoms with Crippen molar-refractivity contribution in [3.8, 4) is 11.5 Å². The highest BCUT2D eigenvalue weighted by Gasteiger charge is 2.38. The van der Waals surface area contributed by atoms with E-state index in [1.165, 1.54) is 6.42 Å². The Balaban J connectivity index is 1.47. The number of benzene rings is 1. The van der Waals surface area contributed by atoms with Gasteiger partial charge in [-0.25, -0.2) is 0 Å². The first-order chi connectivity index (χ1) is 16.6. The predicted octanol–water partition coefficient (Wildman–Crippen LogP) is 4.44. The second kappa shape index (κ2) is 11.4. The summed E-state index contributed by atoms with van der Waals surface area (Å²) in [6, 6.07) is 9.71. The Morgan fingerprint density at radius 1 is 1.00 bits per heavy atom. The van der Waals surface area contributed by atoms with E-state index in [1.807, 2.05) is 40.1 Å². The lowest BCUT2D eigenvalue weighted by molar-refractivity contribution is -0.144. The van der Waals surface area contributed by atoms with Crippen molar-refractivity contribution in [3.63, 3.8) is 0 Å². The number of furan rings is 1. The third-order valence-electron chi connectivity index (χ3n) is 6.93. The van der Waals surface area contributed by atoms with Crippen LogP contribution < -0.4 is 9.47 Å². The third kappa shape index (κ3) is 6.13. The van der Waals surface area contributed by atoms with Crippen molar-refractivity contribution in [2.24, 2.45) is 5.92 Å². The van der Waals surface area contributed by atoms with Crippen LogP contribution in [0.25, 0.3) is 0 Å². The van der Waals surface area contributed by atoms with Gasteiger partial charge in [-0.2, -0.15) is 0 Å². The summed E-state index contributed by atoms with van der Waals surface area (Å²) in [6.45, 7) is 1.05. The maximum atomic E-state index is 13.6. The summed E-state index contributed by atoms with van der Waals surface area (Å²) in [6.07, 6.45) is 9.64. The van der Waals surface area contributed by atoms with E-state index in [0.717, 1.165) is 49.8 Å². The summed E-state index contributed by atoms with van der Waals surface area (Å²) in [7, 11) is 3.23. The third-order valence-corrected chi connectivity index (χ3v) is 6.93. The molecular formula is C27H36N2O5. The van der Waals surface area contributed by atoms with Gasteiger partial charge in [-0.05, 0) is 61.9 Å². The number of hydrogen-bond donors (Lipinski definition) is 0. The largest absolute Gasteiger partial charge is 0.493 e. The van der Waals surface area contributed by atoms with Crippen molar-refractivity contribution in [1.82, 2.24) is 9.80 Å². The zero-order chi connectivity index (χ0) is 23.9. The number of hydrogen-bond acceptors (Lipinski definition) is 5. The van der Waals surface area contributed by atoms with Crippen LogP contribution in [0.2, 0.25) is 0 Å². The van der Waals surface area contributed by atoms with E-state index in [1.54, 1.807) is 20.5 Å². The zero-order valence-electron chi connectivity index (χ0n) is 20.3. The molecular weight excluding hydrogens is 432 g/mol. The Morgan fingerprint density at radius 3 is 2.41 bits per heavy atom. The highest BCUT2D eigenvalue weighted by atomic mass is 16.5. The highest BCUT2D eigenvalue weighted by molar-refractivity contribution is 5.87. The molecule has 7 heteroatoms. The lowest BCUT2D eigenvalue weighted by Crippen LogP contribution is -2.49.